The zero-order chi connectivity index (χ0) is 22.8. The second-order valence-corrected chi connectivity index (χ2v) is 8.17. The number of carbonyl (C=O) groups is 2. The standard InChI is InChI=1S/C27H25N3O3/c1-2-33-23-9-7-21(8-10-23)24-25(29-16-13-20-5-3-4-6-22(20)18-29)27(32)30(26(24)31)17-19-11-14-28-15-12-19/h3-12,14-15H,2,13,16-18H2,1H3. The van der Waals surface area contributed by atoms with Gasteiger partial charge in [-0.1, -0.05) is 36.4 Å². The lowest BCUT2D eigenvalue weighted by Crippen LogP contribution is -2.37. The summed E-state index contributed by atoms with van der Waals surface area (Å²) >= 11 is 0. The maximum absolute atomic E-state index is 13.6. The van der Waals surface area contributed by atoms with Gasteiger partial charge in [0.1, 0.15) is 11.4 Å². The molecule has 3 aromatic rings. The second-order valence-electron chi connectivity index (χ2n) is 8.17. The highest BCUT2D eigenvalue weighted by Gasteiger charge is 2.42. The zero-order valence-electron chi connectivity index (χ0n) is 18.5. The van der Waals surface area contributed by atoms with Crippen molar-refractivity contribution in [1.29, 1.82) is 0 Å². The van der Waals surface area contributed by atoms with Gasteiger partial charge in [0.2, 0.25) is 0 Å². The van der Waals surface area contributed by atoms with Gasteiger partial charge in [-0.2, -0.15) is 0 Å². The van der Waals surface area contributed by atoms with Crippen LogP contribution in [0, 0.1) is 0 Å². The van der Waals surface area contributed by atoms with Crippen molar-refractivity contribution in [1.82, 2.24) is 14.8 Å². The van der Waals surface area contributed by atoms with Crippen LogP contribution < -0.4 is 4.74 Å². The van der Waals surface area contributed by atoms with Crippen molar-refractivity contribution < 1.29 is 14.3 Å². The van der Waals surface area contributed by atoms with Gasteiger partial charge in [-0.15, -0.1) is 0 Å². The smallest absolute Gasteiger partial charge is 0.278 e. The minimum atomic E-state index is -0.269. The van der Waals surface area contributed by atoms with Crippen LogP contribution in [0.15, 0.2) is 78.8 Å². The van der Waals surface area contributed by atoms with Gasteiger partial charge in [0.15, 0.2) is 0 Å². The van der Waals surface area contributed by atoms with E-state index in [1.165, 1.54) is 16.0 Å². The number of rotatable bonds is 6. The Morgan fingerprint density at radius 3 is 2.36 bits per heavy atom. The maximum atomic E-state index is 13.6. The Kier molecular flexibility index (Phi) is 5.65. The molecule has 1 aromatic heterocycles. The van der Waals surface area contributed by atoms with Crippen molar-refractivity contribution in [2.45, 2.75) is 26.4 Å². The summed E-state index contributed by atoms with van der Waals surface area (Å²) in [5.41, 5.74) is 5.01. The fourth-order valence-electron chi connectivity index (χ4n) is 4.50. The quantitative estimate of drug-likeness (QED) is 0.547. The minimum absolute atomic E-state index is 0.217. The summed E-state index contributed by atoms with van der Waals surface area (Å²) in [6.45, 7) is 4.01. The third kappa shape index (κ3) is 4.00. The van der Waals surface area contributed by atoms with Crippen molar-refractivity contribution >= 4 is 17.4 Å². The van der Waals surface area contributed by atoms with Crippen LogP contribution in [-0.2, 0) is 29.1 Å². The van der Waals surface area contributed by atoms with Crippen molar-refractivity contribution in [2.24, 2.45) is 0 Å². The fraction of sp³-hybridized carbons (Fsp3) is 0.222. The summed E-state index contributed by atoms with van der Waals surface area (Å²) in [4.78, 5) is 34.7. The summed E-state index contributed by atoms with van der Waals surface area (Å²) in [6, 6.07) is 19.3. The molecule has 0 unspecified atom stereocenters. The number of fused-ring (bicyclic) bond motifs is 1. The third-order valence-corrected chi connectivity index (χ3v) is 6.13. The van der Waals surface area contributed by atoms with Crippen molar-refractivity contribution in [3.05, 3.63) is 101 Å². The molecule has 6 nitrogen and oxygen atoms in total. The SMILES string of the molecule is CCOc1ccc(C2=C(N3CCc4ccccc4C3)C(=O)N(Cc3ccncc3)C2=O)cc1. The molecule has 33 heavy (non-hydrogen) atoms. The Morgan fingerprint density at radius 1 is 0.909 bits per heavy atom. The Morgan fingerprint density at radius 2 is 1.64 bits per heavy atom. The lowest BCUT2D eigenvalue weighted by Gasteiger charge is -2.31. The third-order valence-electron chi connectivity index (χ3n) is 6.13. The van der Waals surface area contributed by atoms with E-state index in [4.69, 9.17) is 4.74 Å². The molecule has 5 rings (SSSR count). The first kappa shape index (κ1) is 20.9. The lowest BCUT2D eigenvalue weighted by atomic mass is 9.98. The molecule has 0 fully saturated rings. The molecule has 0 saturated heterocycles. The van der Waals surface area contributed by atoms with Gasteiger partial charge in [-0.25, -0.2) is 0 Å². The fourth-order valence-corrected chi connectivity index (χ4v) is 4.50. The largest absolute Gasteiger partial charge is 0.494 e. The van der Waals surface area contributed by atoms with Crippen LogP contribution in [0.2, 0.25) is 0 Å². The topological polar surface area (TPSA) is 62.7 Å². The number of nitrogens with zero attached hydrogens (tertiary/aromatic N) is 3. The Bertz CT molecular complexity index is 1220. The highest BCUT2D eigenvalue weighted by atomic mass is 16.5. The van der Waals surface area contributed by atoms with Gasteiger partial charge in [-0.3, -0.25) is 19.5 Å². The van der Waals surface area contributed by atoms with E-state index in [-0.39, 0.29) is 18.4 Å². The molecule has 0 saturated carbocycles. The molecule has 0 aliphatic carbocycles. The zero-order valence-corrected chi connectivity index (χ0v) is 18.5. The van der Waals surface area contributed by atoms with E-state index in [9.17, 15) is 9.59 Å². The van der Waals surface area contributed by atoms with Crippen LogP contribution in [0.5, 0.6) is 5.75 Å². The van der Waals surface area contributed by atoms with E-state index >= 15 is 0 Å². The first-order valence-corrected chi connectivity index (χ1v) is 11.2. The Balaban J connectivity index is 1.54. The first-order valence-electron chi connectivity index (χ1n) is 11.2. The maximum Gasteiger partial charge on any atom is 0.278 e. The number of pyridine rings is 1. The van der Waals surface area contributed by atoms with Crippen LogP contribution in [0.3, 0.4) is 0 Å². The van der Waals surface area contributed by atoms with Gasteiger partial charge >= 0.3 is 0 Å². The van der Waals surface area contributed by atoms with E-state index in [1.54, 1.807) is 12.4 Å². The molecule has 6 heteroatoms. The summed E-state index contributed by atoms with van der Waals surface area (Å²) in [5.74, 6) is 0.218. The molecular formula is C27H25N3O3. The molecule has 0 atom stereocenters. The summed E-state index contributed by atoms with van der Waals surface area (Å²) in [6.07, 6.45) is 4.18. The molecule has 3 heterocycles. The second kappa shape index (κ2) is 8.90. The minimum Gasteiger partial charge on any atom is -0.494 e. The van der Waals surface area contributed by atoms with E-state index < -0.39 is 0 Å². The molecule has 0 radical (unpaired) electrons. The van der Waals surface area contributed by atoms with E-state index in [0.717, 1.165) is 23.3 Å². The predicted octanol–water partition coefficient (Wildman–Crippen LogP) is 3.82. The molecule has 2 aliphatic heterocycles. The van der Waals surface area contributed by atoms with Crippen LogP contribution in [0.25, 0.3) is 5.57 Å². The van der Waals surface area contributed by atoms with Gasteiger partial charge in [0.05, 0.1) is 18.7 Å². The molecule has 2 aliphatic rings. The predicted molar refractivity (Wildman–Crippen MR) is 125 cm³/mol. The van der Waals surface area contributed by atoms with Crippen molar-refractivity contribution in [3.63, 3.8) is 0 Å². The molecule has 0 bridgehead atoms. The van der Waals surface area contributed by atoms with Gasteiger partial charge in [0.25, 0.3) is 11.8 Å². The van der Waals surface area contributed by atoms with Crippen molar-refractivity contribution in [3.8, 4) is 5.75 Å². The normalized spacial score (nSPS) is 15.8. The number of imide groups is 1. The summed E-state index contributed by atoms with van der Waals surface area (Å²) < 4.78 is 5.56. The molecule has 0 N–H and O–H groups in total. The number of aromatic nitrogens is 1. The van der Waals surface area contributed by atoms with E-state index in [0.29, 0.717) is 31.0 Å². The summed E-state index contributed by atoms with van der Waals surface area (Å²) in [5, 5.41) is 0. The van der Waals surface area contributed by atoms with Gasteiger partial charge < -0.3 is 9.64 Å². The van der Waals surface area contributed by atoms with Gasteiger partial charge in [-0.05, 0) is 59.9 Å². The number of amides is 2. The van der Waals surface area contributed by atoms with E-state index in [2.05, 4.69) is 22.0 Å². The molecular weight excluding hydrogens is 414 g/mol. The average Bonchev–Trinajstić information content (AvgIpc) is 3.10. The van der Waals surface area contributed by atoms with E-state index in [1.807, 2.05) is 55.5 Å². The van der Waals surface area contributed by atoms with Crippen LogP contribution in [-0.4, -0.2) is 39.7 Å². The van der Waals surface area contributed by atoms with Crippen LogP contribution in [0.1, 0.15) is 29.2 Å². The number of hydrogen-bond acceptors (Lipinski definition) is 5. The highest BCUT2D eigenvalue weighted by Crippen LogP contribution is 2.35. The number of carbonyl (C=O) groups excluding carboxylic acids is 2. The Labute approximate surface area is 193 Å². The van der Waals surface area contributed by atoms with Gasteiger partial charge in [0, 0.05) is 25.5 Å². The molecule has 166 valence electrons. The van der Waals surface area contributed by atoms with Crippen molar-refractivity contribution in [2.75, 3.05) is 13.2 Å². The van der Waals surface area contributed by atoms with Crippen LogP contribution in [0.4, 0.5) is 0 Å². The lowest BCUT2D eigenvalue weighted by molar-refractivity contribution is -0.138. The Hall–Kier alpha value is -3.93. The molecule has 2 amide bonds. The monoisotopic (exact) mass is 439 g/mol. The number of ether oxygens (including phenoxy) is 1. The highest BCUT2D eigenvalue weighted by molar-refractivity contribution is 6.35. The molecule has 0 spiro atoms. The summed E-state index contributed by atoms with van der Waals surface area (Å²) in [7, 11) is 0. The number of benzene rings is 2. The number of hydrogen-bond donors (Lipinski definition) is 0. The average molecular weight is 440 g/mol. The van der Waals surface area contributed by atoms with Crippen LogP contribution >= 0.6 is 0 Å². The first-order chi connectivity index (χ1) is 16.2. The molecule has 2 aromatic carbocycles.